The average Bonchev–Trinajstić information content (AvgIpc) is 2.93. The number of rotatable bonds is 3. The highest BCUT2D eigenvalue weighted by molar-refractivity contribution is 7.81. The summed E-state index contributed by atoms with van der Waals surface area (Å²) in [5, 5.41) is 17.3. The van der Waals surface area contributed by atoms with E-state index in [2.05, 4.69) is 5.10 Å². The number of anilines is 1. The zero-order valence-electron chi connectivity index (χ0n) is 11.7. The van der Waals surface area contributed by atoms with Gasteiger partial charge in [-0.05, 0) is 48.1 Å². The van der Waals surface area contributed by atoms with Gasteiger partial charge in [0.2, 0.25) is 5.05 Å². The van der Waals surface area contributed by atoms with E-state index in [0.717, 1.165) is 5.56 Å². The molecule has 1 atom stereocenters. The molecule has 0 spiro atoms. The van der Waals surface area contributed by atoms with Crippen LogP contribution in [0.25, 0.3) is 0 Å². The van der Waals surface area contributed by atoms with Gasteiger partial charge in [0, 0.05) is 16.5 Å². The number of hydrogen-bond acceptors (Lipinski definition) is 3. The first-order valence-electron chi connectivity index (χ1n) is 6.76. The third kappa shape index (κ3) is 3.45. The Kier molecular flexibility index (Phi) is 4.78. The van der Waals surface area contributed by atoms with Crippen molar-refractivity contribution in [1.82, 2.24) is 0 Å². The van der Waals surface area contributed by atoms with Crippen LogP contribution in [0.3, 0.4) is 0 Å². The molecule has 0 bridgehead atoms. The first-order valence-corrected chi connectivity index (χ1v) is 8.30. The van der Waals surface area contributed by atoms with Crippen molar-refractivity contribution < 1.29 is 5.11 Å². The monoisotopic (exact) mass is 384 g/mol. The second kappa shape index (κ2) is 6.65. The van der Waals surface area contributed by atoms with Crippen molar-refractivity contribution in [3.05, 3.63) is 63.1 Å². The molecule has 1 aliphatic heterocycles. The van der Waals surface area contributed by atoms with E-state index < -0.39 is 0 Å². The number of hydrazone groups is 1. The molecule has 7 heteroatoms. The van der Waals surface area contributed by atoms with Crippen LogP contribution in [-0.2, 0) is 0 Å². The summed E-state index contributed by atoms with van der Waals surface area (Å²) in [4.78, 5) is 0. The molecule has 118 valence electrons. The van der Waals surface area contributed by atoms with Crippen LogP contribution in [0.2, 0.25) is 15.1 Å². The van der Waals surface area contributed by atoms with Gasteiger partial charge in [0.05, 0.1) is 16.8 Å². The Bertz CT molecular complexity index is 792. The van der Waals surface area contributed by atoms with Crippen LogP contribution in [0.15, 0.2) is 47.6 Å². The summed E-state index contributed by atoms with van der Waals surface area (Å²) in [6, 6.07) is 12.5. The molecule has 1 N–H and O–H groups in total. The van der Waals surface area contributed by atoms with E-state index in [9.17, 15) is 5.11 Å². The fourth-order valence-corrected chi connectivity index (χ4v) is 3.22. The first-order chi connectivity index (χ1) is 11.0. The SMILES string of the molecule is OC(=S)C1=NN(c2ccc(Cl)cc2Cl)C(c2ccc(Cl)cc2)C1. The van der Waals surface area contributed by atoms with Crippen LogP contribution < -0.4 is 5.01 Å². The number of aliphatic hydroxyl groups is 1. The van der Waals surface area contributed by atoms with Crippen molar-refractivity contribution in [3.63, 3.8) is 0 Å². The van der Waals surface area contributed by atoms with Crippen molar-refractivity contribution in [1.29, 1.82) is 0 Å². The van der Waals surface area contributed by atoms with Gasteiger partial charge in [-0.15, -0.1) is 0 Å². The highest BCUT2D eigenvalue weighted by atomic mass is 35.5. The Hall–Kier alpha value is -1.33. The molecule has 3 rings (SSSR count). The molecule has 2 aromatic carbocycles. The number of thiocarbonyl (C=S) groups is 1. The van der Waals surface area contributed by atoms with Crippen molar-refractivity contribution in [2.24, 2.45) is 5.10 Å². The molecule has 0 saturated carbocycles. The molecule has 1 heterocycles. The molecule has 0 saturated heterocycles. The lowest BCUT2D eigenvalue weighted by atomic mass is 10.0. The lowest BCUT2D eigenvalue weighted by molar-refractivity contribution is 0.578. The number of aliphatic hydroxyl groups excluding tert-OH is 1. The summed E-state index contributed by atoms with van der Waals surface area (Å²) in [7, 11) is 0. The lowest BCUT2D eigenvalue weighted by Gasteiger charge is -2.25. The van der Waals surface area contributed by atoms with E-state index >= 15 is 0 Å². The molecule has 1 unspecified atom stereocenters. The number of hydrogen-bond donors (Lipinski definition) is 1. The van der Waals surface area contributed by atoms with Crippen molar-refractivity contribution in [2.75, 3.05) is 5.01 Å². The van der Waals surface area contributed by atoms with Crippen LogP contribution in [-0.4, -0.2) is 15.9 Å². The summed E-state index contributed by atoms with van der Waals surface area (Å²) in [5.74, 6) is 0. The summed E-state index contributed by atoms with van der Waals surface area (Å²) in [6.45, 7) is 0. The molecule has 0 radical (unpaired) electrons. The van der Waals surface area contributed by atoms with Gasteiger partial charge < -0.3 is 5.11 Å². The van der Waals surface area contributed by atoms with Crippen LogP contribution >= 0.6 is 47.0 Å². The standard InChI is InChI=1S/C16H11Cl3N2OS/c17-10-3-1-9(2-4-10)15-8-13(16(22)23)20-21(15)14-6-5-11(18)7-12(14)19/h1-7,15H,8H2,(H,22,23). The maximum Gasteiger partial charge on any atom is 0.205 e. The predicted molar refractivity (Wildman–Crippen MR) is 100 cm³/mol. The van der Waals surface area contributed by atoms with Crippen LogP contribution in [0, 0.1) is 0 Å². The third-order valence-electron chi connectivity index (χ3n) is 3.57. The first kappa shape index (κ1) is 16.5. The minimum atomic E-state index is -0.212. The molecule has 3 nitrogen and oxygen atoms in total. The summed E-state index contributed by atoms with van der Waals surface area (Å²) >= 11 is 23.1. The third-order valence-corrected chi connectivity index (χ3v) is 4.59. The second-order valence-electron chi connectivity index (χ2n) is 5.06. The van der Waals surface area contributed by atoms with E-state index in [1.165, 1.54) is 0 Å². The van der Waals surface area contributed by atoms with E-state index in [1.54, 1.807) is 23.2 Å². The molecule has 0 aromatic heterocycles. The lowest BCUT2D eigenvalue weighted by Crippen LogP contribution is -2.18. The topological polar surface area (TPSA) is 35.8 Å². The molecule has 0 aliphatic carbocycles. The highest BCUT2D eigenvalue weighted by Crippen LogP contribution is 2.39. The zero-order valence-corrected chi connectivity index (χ0v) is 14.8. The summed E-state index contributed by atoms with van der Waals surface area (Å²) < 4.78 is 0. The summed E-state index contributed by atoms with van der Waals surface area (Å²) in [6.07, 6.45) is 0.482. The average molecular weight is 386 g/mol. The normalized spacial score (nSPS) is 17.3. The maximum absolute atomic E-state index is 9.64. The maximum atomic E-state index is 9.64. The van der Waals surface area contributed by atoms with Crippen molar-refractivity contribution >= 4 is 63.5 Å². The predicted octanol–water partition coefficient (Wildman–Crippen LogP) is 5.84. The molecule has 0 fully saturated rings. The number of benzene rings is 2. The Morgan fingerprint density at radius 3 is 2.35 bits per heavy atom. The quantitative estimate of drug-likeness (QED) is 0.674. The highest BCUT2D eigenvalue weighted by Gasteiger charge is 2.32. The molecular weight excluding hydrogens is 375 g/mol. The van der Waals surface area contributed by atoms with Gasteiger partial charge in [-0.3, -0.25) is 5.01 Å². The van der Waals surface area contributed by atoms with Gasteiger partial charge in [0.15, 0.2) is 0 Å². The van der Waals surface area contributed by atoms with Crippen LogP contribution in [0.5, 0.6) is 0 Å². The molecule has 1 aliphatic rings. The van der Waals surface area contributed by atoms with Crippen LogP contribution in [0.4, 0.5) is 5.69 Å². The van der Waals surface area contributed by atoms with Crippen molar-refractivity contribution in [2.45, 2.75) is 12.5 Å². The van der Waals surface area contributed by atoms with Gasteiger partial charge >= 0.3 is 0 Å². The van der Waals surface area contributed by atoms with Gasteiger partial charge in [-0.25, -0.2) is 0 Å². The smallest absolute Gasteiger partial charge is 0.205 e. The van der Waals surface area contributed by atoms with Gasteiger partial charge in [-0.2, -0.15) is 5.10 Å². The number of nitrogens with zero attached hydrogens (tertiary/aromatic N) is 2. The van der Waals surface area contributed by atoms with Gasteiger partial charge in [-0.1, -0.05) is 46.9 Å². The van der Waals surface area contributed by atoms with Gasteiger partial charge in [0.25, 0.3) is 0 Å². The Morgan fingerprint density at radius 2 is 1.74 bits per heavy atom. The van der Waals surface area contributed by atoms with E-state index in [1.807, 2.05) is 24.3 Å². The van der Waals surface area contributed by atoms with Crippen LogP contribution in [0.1, 0.15) is 18.0 Å². The molecular formula is C16H11Cl3N2OS. The molecule has 23 heavy (non-hydrogen) atoms. The second-order valence-corrected chi connectivity index (χ2v) is 6.73. The number of halogens is 3. The Balaban J connectivity index is 2.04. The van der Waals surface area contributed by atoms with E-state index in [0.29, 0.717) is 32.9 Å². The Labute approximate surface area is 154 Å². The summed E-state index contributed by atoms with van der Waals surface area (Å²) in [5.41, 5.74) is 2.14. The minimum absolute atomic E-state index is 0.133. The minimum Gasteiger partial charge on any atom is -0.498 e. The fraction of sp³-hybridized carbons (Fsp3) is 0.125. The Morgan fingerprint density at radius 1 is 1.09 bits per heavy atom. The largest absolute Gasteiger partial charge is 0.498 e. The molecule has 2 aromatic rings. The van der Waals surface area contributed by atoms with E-state index in [4.69, 9.17) is 47.0 Å². The zero-order chi connectivity index (χ0) is 16.6. The van der Waals surface area contributed by atoms with E-state index in [-0.39, 0.29) is 11.1 Å². The fourth-order valence-electron chi connectivity index (χ4n) is 2.47. The van der Waals surface area contributed by atoms with Gasteiger partial charge in [0.1, 0.15) is 5.71 Å². The van der Waals surface area contributed by atoms with Crippen molar-refractivity contribution in [3.8, 4) is 0 Å². The molecule has 0 amide bonds.